The zero-order chi connectivity index (χ0) is 14.7. The van der Waals surface area contributed by atoms with Crippen LogP contribution in [0.2, 0.25) is 0 Å². The Morgan fingerprint density at radius 2 is 1.65 bits per heavy atom. The van der Waals surface area contributed by atoms with Crippen molar-refractivity contribution in [3.63, 3.8) is 0 Å². The third kappa shape index (κ3) is 3.77. The maximum absolute atomic E-state index is 5.30. The second kappa shape index (κ2) is 6.96. The van der Waals surface area contributed by atoms with Gasteiger partial charge in [-0.15, -0.1) is 0 Å². The Bertz CT molecular complexity index is 606. The highest BCUT2D eigenvalue weighted by Crippen LogP contribution is 2.34. The minimum Gasteiger partial charge on any atom is -0.494 e. The van der Waals surface area contributed by atoms with Gasteiger partial charge < -0.3 is 10.1 Å². The molecular formula is C15H14Br3NO. The molecular weight excluding hydrogens is 450 g/mol. The van der Waals surface area contributed by atoms with E-state index in [9.17, 15) is 0 Å². The minimum atomic E-state index is 0.739. The molecule has 20 heavy (non-hydrogen) atoms. The number of hydrogen-bond donors (Lipinski definition) is 1. The van der Waals surface area contributed by atoms with Crippen molar-refractivity contribution < 1.29 is 4.74 Å². The summed E-state index contributed by atoms with van der Waals surface area (Å²) >= 11 is 10.6. The maximum atomic E-state index is 5.30. The zero-order valence-electron chi connectivity index (χ0n) is 11.1. The number of hydrogen-bond acceptors (Lipinski definition) is 2. The number of rotatable bonds is 4. The lowest BCUT2D eigenvalue weighted by Crippen LogP contribution is -2.01. The Morgan fingerprint density at radius 1 is 1.00 bits per heavy atom. The van der Waals surface area contributed by atoms with Gasteiger partial charge in [-0.1, -0.05) is 6.07 Å². The Balaban J connectivity index is 2.15. The fourth-order valence-electron chi connectivity index (χ4n) is 1.87. The molecule has 0 atom stereocenters. The molecule has 0 amide bonds. The molecule has 1 N–H and O–H groups in total. The van der Waals surface area contributed by atoms with Crippen molar-refractivity contribution in [2.75, 3.05) is 12.4 Å². The maximum Gasteiger partial charge on any atom is 0.147 e. The Labute approximate surface area is 144 Å². The molecule has 0 aliphatic heterocycles. The molecule has 2 aromatic rings. The predicted molar refractivity (Wildman–Crippen MR) is 94.6 cm³/mol. The normalized spacial score (nSPS) is 10.4. The van der Waals surface area contributed by atoms with Crippen LogP contribution in [0.15, 0.2) is 43.7 Å². The first kappa shape index (κ1) is 15.9. The van der Waals surface area contributed by atoms with E-state index >= 15 is 0 Å². The number of ether oxygens (including phenoxy) is 1. The molecule has 106 valence electrons. The number of nitrogens with one attached hydrogen (secondary N) is 1. The van der Waals surface area contributed by atoms with Gasteiger partial charge >= 0.3 is 0 Å². The van der Waals surface area contributed by atoms with Crippen molar-refractivity contribution in [2.24, 2.45) is 0 Å². The summed E-state index contributed by atoms with van der Waals surface area (Å²) in [7, 11) is 1.66. The second-order valence-corrected chi connectivity index (χ2v) is 6.99. The van der Waals surface area contributed by atoms with Crippen molar-refractivity contribution in [3.8, 4) is 5.75 Å². The summed E-state index contributed by atoms with van der Waals surface area (Å²) in [6.07, 6.45) is 0. The summed E-state index contributed by atoms with van der Waals surface area (Å²) in [5, 5.41) is 3.42. The van der Waals surface area contributed by atoms with Crippen molar-refractivity contribution >= 4 is 53.5 Å². The van der Waals surface area contributed by atoms with E-state index in [2.05, 4.69) is 90.4 Å². The first-order chi connectivity index (χ1) is 9.51. The van der Waals surface area contributed by atoms with Crippen molar-refractivity contribution in [2.45, 2.75) is 13.5 Å². The van der Waals surface area contributed by atoms with E-state index in [4.69, 9.17) is 4.74 Å². The van der Waals surface area contributed by atoms with E-state index < -0.39 is 0 Å². The summed E-state index contributed by atoms with van der Waals surface area (Å²) in [5.41, 5.74) is 3.48. The van der Waals surface area contributed by atoms with Gasteiger partial charge in [-0.3, -0.25) is 0 Å². The van der Waals surface area contributed by atoms with Crippen LogP contribution in [0.4, 0.5) is 5.69 Å². The molecule has 0 spiro atoms. The number of aryl methyl sites for hydroxylation is 1. The van der Waals surface area contributed by atoms with Crippen LogP contribution in [0.1, 0.15) is 11.1 Å². The highest BCUT2D eigenvalue weighted by atomic mass is 79.9. The van der Waals surface area contributed by atoms with E-state index in [0.29, 0.717) is 0 Å². The van der Waals surface area contributed by atoms with Crippen molar-refractivity contribution in [3.05, 3.63) is 54.9 Å². The van der Waals surface area contributed by atoms with E-state index in [0.717, 1.165) is 37.0 Å². The van der Waals surface area contributed by atoms with E-state index in [-0.39, 0.29) is 0 Å². The molecule has 0 fully saturated rings. The van der Waals surface area contributed by atoms with E-state index in [1.165, 1.54) is 5.56 Å². The van der Waals surface area contributed by atoms with Gasteiger partial charge in [0.1, 0.15) is 5.75 Å². The van der Waals surface area contributed by atoms with Gasteiger partial charge in [0.15, 0.2) is 0 Å². The Morgan fingerprint density at radius 3 is 2.20 bits per heavy atom. The summed E-state index contributed by atoms with van der Waals surface area (Å²) in [6, 6.07) is 10.4. The molecule has 0 aliphatic rings. The molecule has 0 aromatic heterocycles. The number of methoxy groups -OCH3 is 1. The Hall–Kier alpha value is -0.520. The van der Waals surface area contributed by atoms with E-state index in [1.807, 2.05) is 0 Å². The van der Waals surface area contributed by atoms with Gasteiger partial charge in [0, 0.05) is 16.7 Å². The smallest absolute Gasteiger partial charge is 0.147 e. The largest absolute Gasteiger partial charge is 0.494 e. The standard InChI is InChI=1S/C15H14Br3NO/c1-9-3-4-14(11(16)5-9)19-8-10-6-12(17)15(20-2)13(18)7-10/h3-7,19H,8H2,1-2H3. The number of anilines is 1. The van der Waals surface area contributed by atoms with Gasteiger partial charge in [0.2, 0.25) is 0 Å². The van der Waals surface area contributed by atoms with Crippen LogP contribution in [-0.4, -0.2) is 7.11 Å². The first-order valence-corrected chi connectivity index (χ1v) is 8.41. The molecule has 0 bridgehead atoms. The summed E-state index contributed by atoms with van der Waals surface area (Å²) in [6.45, 7) is 2.81. The highest BCUT2D eigenvalue weighted by molar-refractivity contribution is 9.11. The lowest BCUT2D eigenvalue weighted by Gasteiger charge is -2.12. The summed E-state index contributed by atoms with van der Waals surface area (Å²) in [4.78, 5) is 0. The SMILES string of the molecule is COc1c(Br)cc(CNc2ccc(C)cc2Br)cc1Br. The van der Waals surface area contributed by atoms with Gasteiger partial charge in [-0.05, 0) is 90.1 Å². The molecule has 2 rings (SSSR count). The van der Waals surface area contributed by atoms with Crippen LogP contribution >= 0.6 is 47.8 Å². The monoisotopic (exact) mass is 461 g/mol. The average Bonchev–Trinajstić information content (AvgIpc) is 2.37. The number of benzene rings is 2. The van der Waals surface area contributed by atoms with Gasteiger partial charge in [0.05, 0.1) is 16.1 Å². The van der Waals surface area contributed by atoms with Crippen LogP contribution in [0.3, 0.4) is 0 Å². The van der Waals surface area contributed by atoms with Crippen molar-refractivity contribution in [1.29, 1.82) is 0 Å². The number of halogens is 3. The summed E-state index contributed by atoms with van der Waals surface area (Å²) in [5.74, 6) is 0.810. The van der Waals surface area contributed by atoms with Crippen LogP contribution < -0.4 is 10.1 Å². The second-order valence-electron chi connectivity index (χ2n) is 4.43. The molecule has 0 saturated heterocycles. The first-order valence-electron chi connectivity index (χ1n) is 6.03. The van der Waals surface area contributed by atoms with Crippen LogP contribution in [-0.2, 0) is 6.54 Å². The molecule has 0 aliphatic carbocycles. The van der Waals surface area contributed by atoms with Gasteiger partial charge in [-0.25, -0.2) is 0 Å². The predicted octanol–water partition coefficient (Wildman–Crippen LogP) is 5.90. The third-order valence-corrected chi connectivity index (χ3v) is 4.70. The Kier molecular flexibility index (Phi) is 5.52. The van der Waals surface area contributed by atoms with Crippen LogP contribution in [0.5, 0.6) is 5.75 Å². The van der Waals surface area contributed by atoms with Gasteiger partial charge in [0.25, 0.3) is 0 Å². The highest BCUT2D eigenvalue weighted by Gasteiger charge is 2.08. The minimum absolute atomic E-state index is 0.739. The molecule has 0 unspecified atom stereocenters. The fourth-order valence-corrected chi connectivity index (χ4v) is 4.11. The molecule has 0 saturated carbocycles. The van der Waals surface area contributed by atoms with E-state index in [1.54, 1.807) is 7.11 Å². The molecule has 5 heteroatoms. The zero-order valence-corrected chi connectivity index (χ0v) is 15.9. The molecule has 2 nitrogen and oxygen atoms in total. The molecule has 0 radical (unpaired) electrons. The topological polar surface area (TPSA) is 21.3 Å². The van der Waals surface area contributed by atoms with Crippen LogP contribution in [0.25, 0.3) is 0 Å². The quantitative estimate of drug-likeness (QED) is 0.609. The lowest BCUT2D eigenvalue weighted by molar-refractivity contribution is 0.409. The van der Waals surface area contributed by atoms with Crippen LogP contribution in [0, 0.1) is 6.92 Å². The third-order valence-electron chi connectivity index (χ3n) is 2.87. The average molecular weight is 464 g/mol. The lowest BCUT2D eigenvalue weighted by atomic mass is 10.2. The molecule has 0 heterocycles. The molecule has 2 aromatic carbocycles. The fraction of sp³-hybridized carbons (Fsp3) is 0.200. The van der Waals surface area contributed by atoms with Crippen molar-refractivity contribution in [1.82, 2.24) is 0 Å². The summed E-state index contributed by atoms with van der Waals surface area (Å²) < 4.78 is 8.26. The van der Waals surface area contributed by atoms with Gasteiger partial charge in [-0.2, -0.15) is 0 Å².